The van der Waals surface area contributed by atoms with E-state index >= 15 is 0 Å². The average Bonchev–Trinajstić information content (AvgIpc) is 2.62. The molecule has 1 aliphatic heterocycles. The maximum atomic E-state index is 12.7. The van der Waals surface area contributed by atoms with Crippen molar-refractivity contribution in [2.75, 3.05) is 25.5 Å². The van der Waals surface area contributed by atoms with Crippen molar-refractivity contribution in [3.8, 4) is 5.75 Å². The first-order valence-corrected chi connectivity index (χ1v) is 8.69. The van der Waals surface area contributed by atoms with E-state index in [2.05, 4.69) is 23.5 Å². The normalized spacial score (nSPS) is 14.0. The van der Waals surface area contributed by atoms with Gasteiger partial charge in [0.25, 0.3) is 0 Å². The number of amides is 3. The number of primary amides is 1. The van der Waals surface area contributed by atoms with Crippen molar-refractivity contribution >= 4 is 17.6 Å². The van der Waals surface area contributed by atoms with Gasteiger partial charge in [0.15, 0.2) is 0 Å². The number of nitrogens with two attached hydrogens (primary N) is 1. The third-order valence-electron chi connectivity index (χ3n) is 4.66. The number of urea groups is 1. The van der Waals surface area contributed by atoms with Crippen molar-refractivity contribution in [3.63, 3.8) is 0 Å². The van der Waals surface area contributed by atoms with Crippen molar-refractivity contribution in [2.45, 2.75) is 19.3 Å². The Balaban J connectivity index is 1.71. The Bertz CT molecular complexity index is 820. The van der Waals surface area contributed by atoms with Crippen molar-refractivity contribution in [1.82, 2.24) is 4.90 Å². The molecule has 1 heterocycles. The highest BCUT2D eigenvalue weighted by atomic mass is 16.5. The lowest BCUT2D eigenvalue weighted by atomic mass is 9.98. The van der Waals surface area contributed by atoms with Crippen LogP contribution in [0, 0.1) is 0 Å². The maximum absolute atomic E-state index is 12.7. The number of benzene rings is 2. The van der Waals surface area contributed by atoms with Crippen LogP contribution in [0.15, 0.2) is 42.5 Å². The van der Waals surface area contributed by atoms with Gasteiger partial charge in [-0.3, -0.25) is 4.79 Å². The number of nitrogens with one attached hydrogen (secondary N) is 1. The molecule has 0 aromatic heterocycles. The molecule has 0 bridgehead atoms. The Morgan fingerprint density at radius 3 is 2.50 bits per heavy atom. The van der Waals surface area contributed by atoms with E-state index in [0.29, 0.717) is 30.1 Å². The first kappa shape index (κ1) is 17.8. The number of rotatable bonds is 3. The van der Waals surface area contributed by atoms with Crippen LogP contribution in [0.1, 0.15) is 27.9 Å². The molecule has 0 radical (unpaired) electrons. The molecule has 3 amide bonds. The first-order chi connectivity index (χ1) is 12.6. The zero-order valence-corrected chi connectivity index (χ0v) is 14.8. The molecule has 136 valence electrons. The molecule has 3 rings (SSSR count). The van der Waals surface area contributed by atoms with Gasteiger partial charge in [0.2, 0.25) is 5.91 Å². The van der Waals surface area contributed by atoms with Gasteiger partial charge in [-0.05, 0) is 48.6 Å². The molecule has 2 aromatic carbocycles. The van der Waals surface area contributed by atoms with Crippen LogP contribution < -0.4 is 15.8 Å². The van der Waals surface area contributed by atoms with E-state index in [1.165, 1.54) is 24.3 Å². The number of carbonyl (C=O) groups excluding carboxylic acids is 2. The lowest BCUT2D eigenvalue weighted by Gasteiger charge is -2.26. The summed E-state index contributed by atoms with van der Waals surface area (Å²) in [6.07, 6.45) is 2.72. The summed E-state index contributed by atoms with van der Waals surface area (Å²) in [6.45, 7) is 1.35. The second kappa shape index (κ2) is 7.91. The maximum Gasteiger partial charge on any atom is 0.321 e. The minimum atomic E-state index is -0.538. The topological polar surface area (TPSA) is 84.7 Å². The number of hydrogen-bond donors (Lipinski definition) is 2. The fourth-order valence-electron chi connectivity index (χ4n) is 3.22. The standard InChI is InChI=1S/C20H23N3O3/c1-26-18-13-16(19(21)24)8-9-17(18)22-20(25)23-11-4-7-14-5-2-3-6-15(14)10-12-23/h2-3,5-6,8-9,13H,4,7,10-12H2,1H3,(H2,21,24)(H,22,25). The second-order valence-corrected chi connectivity index (χ2v) is 6.32. The van der Waals surface area contributed by atoms with E-state index in [0.717, 1.165) is 19.3 Å². The molecule has 0 aliphatic carbocycles. The predicted molar refractivity (Wildman–Crippen MR) is 101 cm³/mol. The fraction of sp³-hybridized carbons (Fsp3) is 0.300. The number of methoxy groups -OCH3 is 1. The molecule has 0 atom stereocenters. The number of nitrogens with zero attached hydrogens (tertiary/aromatic N) is 1. The van der Waals surface area contributed by atoms with Crippen LogP contribution in [0.4, 0.5) is 10.5 Å². The van der Waals surface area contributed by atoms with Crippen LogP contribution in [-0.4, -0.2) is 37.0 Å². The Hall–Kier alpha value is -3.02. The summed E-state index contributed by atoms with van der Waals surface area (Å²) >= 11 is 0. The monoisotopic (exact) mass is 353 g/mol. The molecular weight excluding hydrogens is 330 g/mol. The summed E-state index contributed by atoms with van der Waals surface area (Å²) in [4.78, 5) is 25.8. The second-order valence-electron chi connectivity index (χ2n) is 6.32. The number of fused-ring (bicyclic) bond motifs is 1. The SMILES string of the molecule is COc1cc(C(N)=O)ccc1NC(=O)N1CCCc2ccccc2CC1. The molecule has 26 heavy (non-hydrogen) atoms. The summed E-state index contributed by atoms with van der Waals surface area (Å²) in [6, 6.07) is 13.0. The zero-order valence-electron chi connectivity index (χ0n) is 14.8. The summed E-state index contributed by atoms with van der Waals surface area (Å²) in [7, 11) is 1.49. The highest BCUT2D eigenvalue weighted by Crippen LogP contribution is 2.26. The van der Waals surface area contributed by atoms with Gasteiger partial charge in [-0.15, -0.1) is 0 Å². The van der Waals surface area contributed by atoms with Crippen molar-refractivity contribution in [3.05, 3.63) is 59.2 Å². The molecule has 2 aromatic rings. The Kier molecular flexibility index (Phi) is 5.41. The highest BCUT2D eigenvalue weighted by molar-refractivity contribution is 5.96. The molecule has 0 saturated carbocycles. The molecule has 0 unspecified atom stereocenters. The molecule has 6 heteroatoms. The fourth-order valence-corrected chi connectivity index (χ4v) is 3.22. The van der Waals surface area contributed by atoms with Gasteiger partial charge < -0.3 is 20.7 Å². The number of carbonyl (C=O) groups is 2. The van der Waals surface area contributed by atoms with Crippen LogP contribution in [0.5, 0.6) is 5.75 Å². The first-order valence-electron chi connectivity index (χ1n) is 8.69. The van der Waals surface area contributed by atoms with E-state index in [1.54, 1.807) is 12.1 Å². The van der Waals surface area contributed by atoms with Crippen LogP contribution >= 0.6 is 0 Å². The number of hydrogen-bond acceptors (Lipinski definition) is 3. The predicted octanol–water partition coefficient (Wildman–Crippen LogP) is 2.82. The molecule has 1 aliphatic rings. The number of anilines is 1. The van der Waals surface area contributed by atoms with E-state index in [-0.39, 0.29) is 6.03 Å². The third-order valence-corrected chi connectivity index (χ3v) is 4.66. The lowest BCUT2D eigenvalue weighted by molar-refractivity contribution is 0.1000. The van der Waals surface area contributed by atoms with Gasteiger partial charge in [0.05, 0.1) is 12.8 Å². The minimum Gasteiger partial charge on any atom is -0.495 e. The summed E-state index contributed by atoms with van der Waals surface area (Å²) in [5.74, 6) is -0.129. The molecule has 0 fully saturated rings. The van der Waals surface area contributed by atoms with E-state index in [9.17, 15) is 9.59 Å². The van der Waals surface area contributed by atoms with Crippen molar-refractivity contribution < 1.29 is 14.3 Å². The van der Waals surface area contributed by atoms with Gasteiger partial charge in [-0.25, -0.2) is 4.79 Å². The largest absolute Gasteiger partial charge is 0.495 e. The van der Waals surface area contributed by atoms with Crippen molar-refractivity contribution in [2.24, 2.45) is 5.73 Å². The van der Waals surface area contributed by atoms with E-state index in [1.807, 2.05) is 11.0 Å². The number of ether oxygens (including phenoxy) is 1. The van der Waals surface area contributed by atoms with Crippen LogP contribution in [0.3, 0.4) is 0 Å². The third kappa shape index (κ3) is 3.96. The van der Waals surface area contributed by atoms with Crippen molar-refractivity contribution in [1.29, 1.82) is 0 Å². The highest BCUT2D eigenvalue weighted by Gasteiger charge is 2.18. The van der Waals surface area contributed by atoms with Crippen LogP contribution in [0.25, 0.3) is 0 Å². The average molecular weight is 353 g/mol. The summed E-state index contributed by atoms with van der Waals surface area (Å²) in [5.41, 5.74) is 8.81. The van der Waals surface area contributed by atoms with E-state index in [4.69, 9.17) is 10.5 Å². The molecule has 0 spiro atoms. The van der Waals surface area contributed by atoms with E-state index < -0.39 is 5.91 Å². The van der Waals surface area contributed by atoms with Gasteiger partial charge in [0, 0.05) is 18.7 Å². The Morgan fingerprint density at radius 1 is 1.08 bits per heavy atom. The van der Waals surface area contributed by atoms with Crippen LogP contribution in [0.2, 0.25) is 0 Å². The Morgan fingerprint density at radius 2 is 1.81 bits per heavy atom. The summed E-state index contributed by atoms with van der Waals surface area (Å²) < 4.78 is 5.27. The minimum absolute atomic E-state index is 0.172. The van der Waals surface area contributed by atoms with Crippen LogP contribution in [-0.2, 0) is 12.8 Å². The van der Waals surface area contributed by atoms with Gasteiger partial charge >= 0.3 is 6.03 Å². The lowest BCUT2D eigenvalue weighted by Crippen LogP contribution is -2.38. The summed E-state index contributed by atoms with van der Waals surface area (Å²) in [5, 5.41) is 2.88. The molecule has 6 nitrogen and oxygen atoms in total. The molecular formula is C20H23N3O3. The zero-order chi connectivity index (χ0) is 18.5. The van der Waals surface area contributed by atoms with Gasteiger partial charge in [-0.1, -0.05) is 24.3 Å². The smallest absolute Gasteiger partial charge is 0.321 e. The molecule has 3 N–H and O–H groups in total. The van der Waals surface area contributed by atoms with Gasteiger partial charge in [-0.2, -0.15) is 0 Å². The number of aryl methyl sites for hydroxylation is 1. The Labute approximate surface area is 152 Å². The molecule has 0 saturated heterocycles. The quantitative estimate of drug-likeness (QED) is 0.890. The van der Waals surface area contributed by atoms with Gasteiger partial charge in [0.1, 0.15) is 5.75 Å².